The monoisotopic (exact) mass is 302 g/mol. The van der Waals surface area contributed by atoms with E-state index in [9.17, 15) is 4.79 Å². The van der Waals surface area contributed by atoms with Gasteiger partial charge in [-0.3, -0.25) is 4.79 Å². The van der Waals surface area contributed by atoms with E-state index < -0.39 is 5.54 Å². The predicted molar refractivity (Wildman–Crippen MR) is 86.5 cm³/mol. The molecule has 0 spiro atoms. The van der Waals surface area contributed by atoms with E-state index in [2.05, 4.69) is 17.3 Å². The SMILES string of the molecule is CCOC(=O)C(C)(CCCCN(C)CCOC(C)C)NC. The zero-order valence-electron chi connectivity index (χ0n) is 14.7. The summed E-state index contributed by atoms with van der Waals surface area (Å²) < 4.78 is 10.7. The molecule has 1 unspecified atom stereocenters. The lowest BCUT2D eigenvalue weighted by Crippen LogP contribution is -2.48. The molecule has 0 aliphatic carbocycles. The van der Waals surface area contributed by atoms with Gasteiger partial charge in [0.25, 0.3) is 0 Å². The van der Waals surface area contributed by atoms with Crippen molar-refractivity contribution in [1.29, 1.82) is 0 Å². The van der Waals surface area contributed by atoms with Crippen molar-refractivity contribution in [2.45, 2.75) is 58.6 Å². The van der Waals surface area contributed by atoms with Crippen LogP contribution in [0.25, 0.3) is 0 Å². The van der Waals surface area contributed by atoms with Crippen LogP contribution in [0.15, 0.2) is 0 Å². The Hall–Kier alpha value is -0.650. The summed E-state index contributed by atoms with van der Waals surface area (Å²) in [4.78, 5) is 14.2. The first-order valence-corrected chi connectivity index (χ1v) is 8.02. The summed E-state index contributed by atoms with van der Waals surface area (Å²) in [5, 5.41) is 3.09. The van der Waals surface area contributed by atoms with Gasteiger partial charge in [-0.05, 0) is 67.6 Å². The Bertz CT molecular complexity index is 285. The quantitative estimate of drug-likeness (QED) is 0.442. The molecule has 21 heavy (non-hydrogen) atoms. The van der Waals surface area contributed by atoms with Gasteiger partial charge < -0.3 is 19.7 Å². The minimum Gasteiger partial charge on any atom is -0.465 e. The van der Waals surface area contributed by atoms with Crippen molar-refractivity contribution in [3.05, 3.63) is 0 Å². The molecule has 0 aliphatic rings. The molecule has 0 saturated carbocycles. The fourth-order valence-electron chi connectivity index (χ4n) is 2.04. The molecule has 0 heterocycles. The highest BCUT2D eigenvalue weighted by Gasteiger charge is 2.32. The maximum absolute atomic E-state index is 11.9. The smallest absolute Gasteiger partial charge is 0.326 e. The Balaban J connectivity index is 3.88. The first-order chi connectivity index (χ1) is 9.85. The van der Waals surface area contributed by atoms with Crippen LogP contribution in [0.3, 0.4) is 0 Å². The molecule has 0 amide bonds. The number of rotatable bonds is 12. The number of likely N-dealkylation sites (N-methyl/N-ethyl adjacent to an activating group) is 2. The number of carbonyl (C=O) groups excluding carboxylic acids is 1. The standard InChI is InChI=1S/C16H34N2O3/c1-7-20-15(19)16(4,17-5)10-8-9-11-18(6)12-13-21-14(2)3/h14,17H,7-13H2,1-6H3. The summed E-state index contributed by atoms with van der Waals surface area (Å²) in [5.41, 5.74) is -0.574. The third kappa shape index (κ3) is 9.06. The van der Waals surface area contributed by atoms with Gasteiger partial charge in [-0.1, -0.05) is 0 Å². The minimum absolute atomic E-state index is 0.161. The Morgan fingerprint density at radius 1 is 1.29 bits per heavy atom. The Kier molecular flexibility index (Phi) is 10.6. The average molecular weight is 302 g/mol. The molecule has 0 aromatic rings. The van der Waals surface area contributed by atoms with Crippen molar-refractivity contribution in [1.82, 2.24) is 10.2 Å². The highest BCUT2D eigenvalue weighted by Crippen LogP contribution is 2.15. The van der Waals surface area contributed by atoms with Gasteiger partial charge in [-0.25, -0.2) is 0 Å². The number of ether oxygens (including phenoxy) is 2. The van der Waals surface area contributed by atoms with Gasteiger partial charge in [0.15, 0.2) is 0 Å². The van der Waals surface area contributed by atoms with Crippen molar-refractivity contribution in [3.63, 3.8) is 0 Å². The third-order valence-electron chi connectivity index (χ3n) is 3.67. The van der Waals surface area contributed by atoms with Crippen LogP contribution in [0.1, 0.15) is 47.0 Å². The molecular formula is C16H34N2O3. The van der Waals surface area contributed by atoms with Gasteiger partial charge in [0.1, 0.15) is 5.54 Å². The molecule has 1 N–H and O–H groups in total. The largest absolute Gasteiger partial charge is 0.465 e. The topological polar surface area (TPSA) is 50.8 Å². The summed E-state index contributed by atoms with van der Waals surface area (Å²) in [6.07, 6.45) is 3.14. The maximum atomic E-state index is 11.9. The summed E-state index contributed by atoms with van der Waals surface area (Å²) in [6.45, 7) is 11.0. The third-order valence-corrected chi connectivity index (χ3v) is 3.67. The maximum Gasteiger partial charge on any atom is 0.326 e. The highest BCUT2D eigenvalue weighted by atomic mass is 16.5. The molecule has 0 saturated heterocycles. The van der Waals surface area contributed by atoms with Crippen LogP contribution in [0.2, 0.25) is 0 Å². The lowest BCUT2D eigenvalue weighted by Gasteiger charge is -2.27. The molecule has 126 valence electrons. The van der Waals surface area contributed by atoms with E-state index in [1.165, 1.54) is 0 Å². The van der Waals surface area contributed by atoms with Crippen molar-refractivity contribution >= 4 is 5.97 Å². The van der Waals surface area contributed by atoms with Crippen molar-refractivity contribution in [2.24, 2.45) is 0 Å². The van der Waals surface area contributed by atoms with Crippen LogP contribution < -0.4 is 5.32 Å². The zero-order valence-corrected chi connectivity index (χ0v) is 14.7. The van der Waals surface area contributed by atoms with Crippen molar-refractivity contribution < 1.29 is 14.3 Å². The van der Waals surface area contributed by atoms with E-state index in [1.807, 2.05) is 34.7 Å². The average Bonchev–Trinajstić information content (AvgIpc) is 2.43. The number of carbonyl (C=O) groups is 1. The van der Waals surface area contributed by atoms with Crippen LogP contribution in [0.4, 0.5) is 0 Å². The Morgan fingerprint density at radius 2 is 1.95 bits per heavy atom. The number of esters is 1. The van der Waals surface area contributed by atoms with Crippen LogP contribution in [-0.4, -0.2) is 62.9 Å². The van der Waals surface area contributed by atoms with E-state index >= 15 is 0 Å². The minimum atomic E-state index is -0.574. The molecule has 5 heteroatoms. The second-order valence-corrected chi connectivity index (χ2v) is 5.98. The van der Waals surface area contributed by atoms with Gasteiger partial charge in [0.2, 0.25) is 0 Å². The van der Waals surface area contributed by atoms with Gasteiger partial charge >= 0.3 is 5.97 Å². The molecule has 0 aliphatic heterocycles. The molecule has 0 rings (SSSR count). The van der Waals surface area contributed by atoms with Gasteiger partial charge in [0.05, 0.1) is 19.3 Å². The van der Waals surface area contributed by atoms with Crippen LogP contribution in [0, 0.1) is 0 Å². The van der Waals surface area contributed by atoms with E-state index in [1.54, 1.807) is 0 Å². The van der Waals surface area contributed by atoms with Gasteiger partial charge in [-0.2, -0.15) is 0 Å². The number of unbranched alkanes of at least 4 members (excludes halogenated alkanes) is 1. The van der Waals surface area contributed by atoms with Crippen LogP contribution in [-0.2, 0) is 14.3 Å². The van der Waals surface area contributed by atoms with E-state index in [0.717, 1.165) is 39.0 Å². The molecule has 0 bridgehead atoms. The normalized spacial score (nSPS) is 14.5. The van der Waals surface area contributed by atoms with Crippen molar-refractivity contribution in [2.75, 3.05) is 40.4 Å². The van der Waals surface area contributed by atoms with Crippen LogP contribution in [0.5, 0.6) is 0 Å². The van der Waals surface area contributed by atoms with Gasteiger partial charge in [-0.15, -0.1) is 0 Å². The fraction of sp³-hybridized carbons (Fsp3) is 0.938. The van der Waals surface area contributed by atoms with Crippen LogP contribution >= 0.6 is 0 Å². The summed E-state index contributed by atoms with van der Waals surface area (Å²) in [6, 6.07) is 0. The molecule has 0 aromatic carbocycles. The molecule has 5 nitrogen and oxygen atoms in total. The molecule has 0 aromatic heterocycles. The van der Waals surface area contributed by atoms with Crippen molar-refractivity contribution in [3.8, 4) is 0 Å². The van der Waals surface area contributed by atoms with E-state index in [-0.39, 0.29) is 5.97 Å². The second kappa shape index (κ2) is 11.0. The fourth-order valence-corrected chi connectivity index (χ4v) is 2.04. The lowest BCUT2D eigenvalue weighted by molar-refractivity contribution is -0.150. The summed E-state index contributed by atoms with van der Waals surface area (Å²) in [7, 11) is 3.92. The Labute approximate surface area is 130 Å². The molecule has 0 radical (unpaired) electrons. The zero-order chi connectivity index (χ0) is 16.3. The first-order valence-electron chi connectivity index (χ1n) is 8.02. The van der Waals surface area contributed by atoms with E-state index in [0.29, 0.717) is 12.7 Å². The predicted octanol–water partition coefficient (Wildman–Crippen LogP) is 2.05. The summed E-state index contributed by atoms with van der Waals surface area (Å²) in [5.74, 6) is -0.161. The van der Waals surface area contributed by atoms with E-state index in [4.69, 9.17) is 9.47 Å². The number of nitrogens with zero attached hydrogens (tertiary/aromatic N) is 1. The lowest BCUT2D eigenvalue weighted by atomic mass is 9.95. The molecule has 0 fully saturated rings. The second-order valence-electron chi connectivity index (χ2n) is 5.98. The highest BCUT2D eigenvalue weighted by molar-refractivity contribution is 5.80. The number of hydrogen-bond acceptors (Lipinski definition) is 5. The first kappa shape index (κ1) is 20.3. The summed E-state index contributed by atoms with van der Waals surface area (Å²) >= 11 is 0. The number of hydrogen-bond donors (Lipinski definition) is 1. The molecule has 1 atom stereocenters. The number of nitrogens with one attached hydrogen (secondary N) is 1. The Morgan fingerprint density at radius 3 is 2.48 bits per heavy atom. The molecular weight excluding hydrogens is 268 g/mol. The van der Waals surface area contributed by atoms with Gasteiger partial charge in [0, 0.05) is 6.54 Å².